The van der Waals surface area contributed by atoms with Gasteiger partial charge in [-0.3, -0.25) is 4.57 Å². The summed E-state index contributed by atoms with van der Waals surface area (Å²) in [7, 11) is -2.07. The number of pyridine rings is 1. The molecule has 1 aliphatic carbocycles. The van der Waals surface area contributed by atoms with Crippen LogP contribution in [0.1, 0.15) is 30.9 Å². The number of benzene rings is 2. The largest absolute Gasteiger partial charge is 0.441 e. The summed E-state index contributed by atoms with van der Waals surface area (Å²) in [6.07, 6.45) is 2.02. The first-order valence-corrected chi connectivity index (χ1v) is 13.7. The Kier molecular flexibility index (Phi) is 6.70. The fourth-order valence-corrected chi connectivity index (χ4v) is 6.23. The number of halogens is 1. The highest BCUT2D eigenvalue weighted by atomic mass is 35.5. The number of aliphatic hydroxyl groups is 1. The van der Waals surface area contributed by atoms with Gasteiger partial charge >= 0.3 is 7.60 Å². The summed E-state index contributed by atoms with van der Waals surface area (Å²) >= 11 is 6.59. The molecule has 2 aromatic carbocycles. The maximum absolute atomic E-state index is 13.1. The van der Waals surface area contributed by atoms with Crippen molar-refractivity contribution in [3.8, 4) is 22.9 Å². The molecule has 1 unspecified atom stereocenters. The van der Waals surface area contributed by atoms with E-state index in [1.165, 1.54) is 7.11 Å². The molecule has 1 saturated carbocycles. The van der Waals surface area contributed by atoms with Gasteiger partial charge in [-0.25, -0.2) is 4.98 Å². The van der Waals surface area contributed by atoms with Crippen molar-refractivity contribution in [3.63, 3.8) is 0 Å². The number of nitrogens with one attached hydrogen (secondary N) is 1. The minimum Gasteiger partial charge on any atom is -0.441 e. The smallest absolute Gasteiger partial charge is 0.361 e. The molecule has 9 heteroatoms. The average molecular weight is 527 g/mol. The van der Waals surface area contributed by atoms with Gasteiger partial charge in [-0.2, -0.15) is 0 Å². The van der Waals surface area contributed by atoms with Crippen molar-refractivity contribution in [3.05, 3.63) is 70.7 Å². The zero-order chi connectivity index (χ0) is 25.5. The van der Waals surface area contributed by atoms with E-state index in [4.69, 9.17) is 30.4 Å². The Morgan fingerprint density at radius 2 is 1.89 bits per heavy atom. The highest BCUT2D eigenvalue weighted by Gasteiger charge is 2.43. The summed E-state index contributed by atoms with van der Waals surface area (Å²) < 4.78 is 29.8. The zero-order valence-corrected chi connectivity index (χ0v) is 22.0. The van der Waals surface area contributed by atoms with E-state index in [1.807, 2.05) is 43.3 Å². The summed E-state index contributed by atoms with van der Waals surface area (Å²) in [5.41, 5.74) is 4.85. The summed E-state index contributed by atoms with van der Waals surface area (Å²) in [5.74, 6) is 0.956. The molecule has 2 heterocycles. The van der Waals surface area contributed by atoms with Crippen LogP contribution in [0.25, 0.3) is 22.3 Å². The third-order valence-corrected chi connectivity index (χ3v) is 9.14. The lowest BCUT2D eigenvalue weighted by Gasteiger charge is -2.18. The van der Waals surface area contributed by atoms with E-state index < -0.39 is 7.60 Å². The quantitative estimate of drug-likeness (QED) is 0.241. The number of rotatable bonds is 9. The van der Waals surface area contributed by atoms with Gasteiger partial charge in [-0.05, 0) is 56.0 Å². The Morgan fingerprint density at radius 1 is 1.14 bits per heavy atom. The van der Waals surface area contributed by atoms with Crippen LogP contribution in [-0.2, 0) is 19.0 Å². The van der Waals surface area contributed by atoms with Gasteiger partial charge in [0.2, 0.25) is 0 Å². The van der Waals surface area contributed by atoms with Gasteiger partial charge in [0.15, 0.2) is 5.88 Å². The van der Waals surface area contributed by atoms with Crippen molar-refractivity contribution < 1.29 is 23.5 Å². The van der Waals surface area contributed by atoms with Crippen LogP contribution in [0.3, 0.4) is 0 Å². The molecule has 7 nitrogen and oxygen atoms in total. The number of aromatic amines is 1. The van der Waals surface area contributed by atoms with Gasteiger partial charge in [-0.1, -0.05) is 41.9 Å². The molecule has 188 valence electrons. The van der Waals surface area contributed by atoms with Crippen LogP contribution in [0.4, 0.5) is 0 Å². The molecule has 2 N–H and O–H groups in total. The number of hydrogen-bond donors (Lipinski definition) is 2. The lowest BCUT2D eigenvalue weighted by molar-refractivity contribution is 0.254. The second-order valence-corrected chi connectivity index (χ2v) is 11.6. The van der Waals surface area contributed by atoms with E-state index in [2.05, 4.69) is 4.98 Å². The number of ether oxygens (including phenoxy) is 1. The van der Waals surface area contributed by atoms with Crippen LogP contribution in [0, 0.1) is 6.92 Å². The van der Waals surface area contributed by atoms with Gasteiger partial charge in [0.1, 0.15) is 5.75 Å². The number of nitrogens with zero attached hydrogens (tertiary/aromatic N) is 1. The van der Waals surface area contributed by atoms with Crippen molar-refractivity contribution in [1.29, 1.82) is 0 Å². The van der Waals surface area contributed by atoms with Crippen molar-refractivity contribution in [1.82, 2.24) is 9.97 Å². The standard InChI is InChI=1S/C27H28ClN2O5P/c1-4-34-36(32,33-3)24-13-20(10-5-17(24)2)35-25-15-23-22(29-25)14-21(28)26(30-23)18-6-8-19(9-7-18)27(16-31)11-12-27/h5-10,13-15,29,31H,4,11-12,16H2,1-3H3. The lowest BCUT2D eigenvalue weighted by atomic mass is 9.95. The summed E-state index contributed by atoms with van der Waals surface area (Å²) in [6.45, 7) is 4.05. The first-order valence-electron chi connectivity index (χ1n) is 11.8. The van der Waals surface area contributed by atoms with Gasteiger partial charge in [-0.15, -0.1) is 0 Å². The fourth-order valence-electron chi connectivity index (χ4n) is 4.40. The predicted molar refractivity (Wildman–Crippen MR) is 142 cm³/mol. The predicted octanol–water partition coefficient (Wildman–Crippen LogP) is 6.51. The van der Waals surface area contributed by atoms with E-state index in [0.29, 0.717) is 33.2 Å². The molecule has 1 fully saturated rings. The Hall–Kier alpha value is -2.67. The molecular formula is C27H28ClN2O5P. The number of fused-ring (bicyclic) bond motifs is 1. The number of H-pyrrole nitrogens is 1. The number of hydrogen-bond acceptors (Lipinski definition) is 6. The maximum atomic E-state index is 13.1. The van der Waals surface area contributed by atoms with E-state index in [9.17, 15) is 9.67 Å². The lowest BCUT2D eigenvalue weighted by Crippen LogP contribution is -2.13. The third-order valence-electron chi connectivity index (χ3n) is 6.70. The van der Waals surface area contributed by atoms with Crippen molar-refractivity contribution in [2.75, 3.05) is 20.3 Å². The molecule has 2 aromatic heterocycles. The molecule has 0 bridgehead atoms. The van der Waals surface area contributed by atoms with E-state index in [0.717, 1.165) is 35.0 Å². The van der Waals surface area contributed by atoms with Gasteiger partial charge in [0, 0.05) is 24.2 Å². The second kappa shape index (κ2) is 9.66. The van der Waals surface area contributed by atoms with Crippen molar-refractivity contribution in [2.45, 2.75) is 32.1 Å². The summed E-state index contributed by atoms with van der Waals surface area (Å²) in [5, 5.41) is 10.7. The fraction of sp³-hybridized carbons (Fsp3) is 0.296. The molecule has 0 spiro atoms. The molecule has 0 saturated heterocycles. The Morgan fingerprint density at radius 3 is 2.53 bits per heavy atom. The average Bonchev–Trinajstić information content (AvgIpc) is 3.59. The summed E-state index contributed by atoms with van der Waals surface area (Å²) in [6, 6.07) is 17.0. The molecule has 0 amide bonds. The maximum Gasteiger partial charge on any atom is 0.361 e. The SMILES string of the molecule is CCOP(=O)(OC)c1cc(Oc2cc3nc(-c4ccc(C5(CO)CC5)cc4)c(Cl)cc3[nH]2)ccc1C. The van der Waals surface area contributed by atoms with Crippen LogP contribution in [-0.4, -0.2) is 35.4 Å². The highest BCUT2D eigenvalue weighted by molar-refractivity contribution is 7.62. The van der Waals surface area contributed by atoms with E-state index in [-0.39, 0.29) is 18.6 Å². The molecular weight excluding hydrogens is 499 g/mol. The number of aromatic nitrogens is 2. The van der Waals surface area contributed by atoms with Crippen LogP contribution < -0.4 is 10.0 Å². The third kappa shape index (κ3) is 4.58. The number of aryl methyl sites for hydroxylation is 1. The Labute approximate surface area is 214 Å². The molecule has 5 rings (SSSR count). The molecule has 0 radical (unpaired) electrons. The zero-order valence-electron chi connectivity index (χ0n) is 20.4. The molecule has 1 aliphatic rings. The van der Waals surface area contributed by atoms with Crippen LogP contribution in [0.15, 0.2) is 54.6 Å². The first-order chi connectivity index (χ1) is 17.3. The second-order valence-electron chi connectivity index (χ2n) is 9.05. The van der Waals surface area contributed by atoms with Crippen LogP contribution >= 0.6 is 19.2 Å². The summed E-state index contributed by atoms with van der Waals surface area (Å²) in [4.78, 5) is 7.96. The molecule has 36 heavy (non-hydrogen) atoms. The Bertz CT molecular complexity index is 1460. The van der Waals surface area contributed by atoms with Crippen molar-refractivity contribution >= 4 is 35.5 Å². The molecule has 1 atom stereocenters. The minimum atomic E-state index is -3.44. The Balaban J connectivity index is 1.43. The van der Waals surface area contributed by atoms with Crippen molar-refractivity contribution in [2.24, 2.45) is 0 Å². The number of aliphatic hydroxyl groups excluding tert-OH is 1. The van der Waals surface area contributed by atoms with E-state index in [1.54, 1.807) is 25.1 Å². The topological polar surface area (TPSA) is 93.7 Å². The van der Waals surface area contributed by atoms with E-state index >= 15 is 0 Å². The first kappa shape index (κ1) is 25.0. The molecule has 0 aliphatic heterocycles. The van der Waals surface area contributed by atoms with Crippen LogP contribution in [0.5, 0.6) is 11.6 Å². The molecule has 4 aromatic rings. The minimum absolute atomic E-state index is 0.0813. The van der Waals surface area contributed by atoms with Gasteiger partial charge in [0.05, 0.1) is 40.3 Å². The highest BCUT2D eigenvalue weighted by Crippen LogP contribution is 2.48. The van der Waals surface area contributed by atoms with Gasteiger partial charge < -0.3 is 23.9 Å². The van der Waals surface area contributed by atoms with Gasteiger partial charge in [0.25, 0.3) is 0 Å². The normalized spacial score (nSPS) is 16.1. The van der Waals surface area contributed by atoms with Crippen LogP contribution in [0.2, 0.25) is 5.02 Å². The monoisotopic (exact) mass is 526 g/mol.